The predicted molar refractivity (Wildman–Crippen MR) is 113 cm³/mol. The SMILES string of the molecule is CCN(CCC(=O)OCC(=O)OCCN1C(=O)c2ccccc2C1=O)c1ccccc1. The van der Waals surface area contributed by atoms with Crippen molar-refractivity contribution in [3.63, 3.8) is 0 Å². The molecule has 0 spiro atoms. The maximum Gasteiger partial charge on any atom is 0.344 e. The first-order valence-corrected chi connectivity index (χ1v) is 10.1. The zero-order valence-electron chi connectivity index (χ0n) is 17.3. The van der Waals surface area contributed by atoms with Gasteiger partial charge in [0.1, 0.15) is 6.61 Å². The van der Waals surface area contributed by atoms with Gasteiger partial charge in [0.2, 0.25) is 0 Å². The molecule has 0 saturated carbocycles. The van der Waals surface area contributed by atoms with Crippen LogP contribution in [0.3, 0.4) is 0 Å². The van der Waals surface area contributed by atoms with Gasteiger partial charge in [-0.3, -0.25) is 19.3 Å². The average molecular weight is 424 g/mol. The fraction of sp³-hybridized carbons (Fsp3) is 0.304. The number of para-hydroxylation sites is 1. The van der Waals surface area contributed by atoms with Crippen LogP contribution < -0.4 is 4.90 Å². The summed E-state index contributed by atoms with van der Waals surface area (Å²) in [4.78, 5) is 51.3. The molecule has 0 fully saturated rings. The fourth-order valence-corrected chi connectivity index (χ4v) is 3.28. The van der Waals surface area contributed by atoms with Gasteiger partial charge in [-0.25, -0.2) is 4.79 Å². The number of carbonyl (C=O) groups excluding carboxylic acids is 4. The van der Waals surface area contributed by atoms with Gasteiger partial charge in [-0.2, -0.15) is 0 Å². The maximum atomic E-state index is 12.2. The molecule has 2 amide bonds. The van der Waals surface area contributed by atoms with E-state index >= 15 is 0 Å². The minimum atomic E-state index is -0.736. The van der Waals surface area contributed by atoms with Crippen LogP contribution in [0.2, 0.25) is 0 Å². The largest absolute Gasteiger partial charge is 0.461 e. The Balaban J connectivity index is 1.35. The van der Waals surface area contributed by atoms with Crippen LogP contribution in [0.1, 0.15) is 34.1 Å². The average Bonchev–Trinajstić information content (AvgIpc) is 3.04. The van der Waals surface area contributed by atoms with Crippen molar-refractivity contribution in [3.05, 3.63) is 65.7 Å². The van der Waals surface area contributed by atoms with Gasteiger partial charge >= 0.3 is 11.9 Å². The number of carbonyl (C=O) groups is 4. The van der Waals surface area contributed by atoms with E-state index < -0.39 is 30.4 Å². The van der Waals surface area contributed by atoms with E-state index in [1.54, 1.807) is 24.3 Å². The number of esters is 2. The van der Waals surface area contributed by atoms with E-state index in [0.717, 1.165) is 17.1 Å². The molecule has 1 aliphatic rings. The first-order chi connectivity index (χ1) is 15.0. The Morgan fingerprint density at radius 2 is 1.48 bits per heavy atom. The minimum absolute atomic E-state index is 0.0609. The zero-order chi connectivity index (χ0) is 22.2. The Hall–Kier alpha value is -3.68. The van der Waals surface area contributed by atoms with Gasteiger partial charge in [0.05, 0.1) is 24.1 Å². The van der Waals surface area contributed by atoms with Gasteiger partial charge in [-0.05, 0) is 31.2 Å². The van der Waals surface area contributed by atoms with Crippen LogP contribution in [-0.2, 0) is 19.1 Å². The molecular formula is C23H24N2O6. The van der Waals surface area contributed by atoms with Crippen molar-refractivity contribution in [3.8, 4) is 0 Å². The van der Waals surface area contributed by atoms with Crippen LogP contribution in [-0.4, -0.2) is 61.5 Å². The van der Waals surface area contributed by atoms with Gasteiger partial charge in [0.25, 0.3) is 11.8 Å². The second-order valence-corrected chi connectivity index (χ2v) is 6.85. The molecule has 3 rings (SSSR count). The Labute approximate surface area is 180 Å². The van der Waals surface area contributed by atoms with Crippen molar-refractivity contribution in [1.29, 1.82) is 0 Å². The lowest BCUT2D eigenvalue weighted by Gasteiger charge is -2.22. The van der Waals surface area contributed by atoms with Crippen molar-refractivity contribution >= 4 is 29.4 Å². The summed E-state index contributed by atoms with van der Waals surface area (Å²) < 4.78 is 9.96. The van der Waals surface area contributed by atoms with Gasteiger partial charge in [0, 0.05) is 18.8 Å². The third-order valence-electron chi connectivity index (χ3n) is 4.90. The molecule has 0 N–H and O–H groups in total. The van der Waals surface area contributed by atoms with E-state index in [9.17, 15) is 19.2 Å². The van der Waals surface area contributed by atoms with Crippen LogP contribution >= 0.6 is 0 Å². The maximum absolute atomic E-state index is 12.2. The third-order valence-corrected chi connectivity index (χ3v) is 4.90. The monoisotopic (exact) mass is 424 g/mol. The molecule has 8 nitrogen and oxygen atoms in total. The molecule has 2 aromatic carbocycles. The summed E-state index contributed by atoms with van der Waals surface area (Å²) in [7, 11) is 0. The highest BCUT2D eigenvalue weighted by atomic mass is 16.6. The number of fused-ring (bicyclic) bond motifs is 1. The Bertz CT molecular complexity index is 925. The smallest absolute Gasteiger partial charge is 0.344 e. The van der Waals surface area contributed by atoms with E-state index in [-0.39, 0.29) is 19.6 Å². The molecule has 0 radical (unpaired) electrons. The number of anilines is 1. The van der Waals surface area contributed by atoms with Crippen LogP contribution in [0.15, 0.2) is 54.6 Å². The molecule has 0 unspecified atom stereocenters. The van der Waals surface area contributed by atoms with E-state index in [0.29, 0.717) is 17.7 Å². The summed E-state index contributed by atoms with van der Waals surface area (Å²) in [6, 6.07) is 16.2. The number of nitrogens with zero attached hydrogens (tertiary/aromatic N) is 2. The Kier molecular flexibility index (Phi) is 7.37. The van der Waals surface area contributed by atoms with Crippen molar-refractivity contribution in [2.45, 2.75) is 13.3 Å². The quantitative estimate of drug-likeness (QED) is 0.427. The number of imide groups is 1. The molecule has 2 aromatic rings. The summed E-state index contributed by atoms with van der Waals surface area (Å²) in [6.45, 7) is 2.45. The number of hydrogen-bond donors (Lipinski definition) is 0. The fourth-order valence-electron chi connectivity index (χ4n) is 3.28. The zero-order valence-corrected chi connectivity index (χ0v) is 17.3. The van der Waals surface area contributed by atoms with Crippen molar-refractivity contribution < 1.29 is 28.7 Å². The van der Waals surface area contributed by atoms with Crippen LogP contribution in [0, 0.1) is 0 Å². The molecule has 0 aliphatic carbocycles. The summed E-state index contributed by atoms with van der Waals surface area (Å²) in [5.74, 6) is -2.07. The molecule has 162 valence electrons. The molecular weight excluding hydrogens is 400 g/mol. The van der Waals surface area contributed by atoms with E-state index in [4.69, 9.17) is 9.47 Å². The number of ether oxygens (including phenoxy) is 2. The molecule has 1 heterocycles. The number of amides is 2. The highest BCUT2D eigenvalue weighted by Gasteiger charge is 2.34. The summed E-state index contributed by atoms with van der Waals surface area (Å²) >= 11 is 0. The van der Waals surface area contributed by atoms with Crippen molar-refractivity contribution in [2.24, 2.45) is 0 Å². The molecule has 8 heteroatoms. The summed E-state index contributed by atoms with van der Waals surface area (Å²) in [5.41, 5.74) is 1.68. The molecule has 31 heavy (non-hydrogen) atoms. The third kappa shape index (κ3) is 5.48. The Morgan fingerprint density at radius 1 is 0.871 bits per heavy atom. The topological polar surface area (TPSA) is 93.2 Å². The number of hydrogen-bond acceptors (Lipinski definition) is 7. The van der Waals surface area contributed by atoms with E-state index in [2.05, 4.69) is 0 Å². The normalized spacial score (nSPS) is 12.5. The lowest BCUT2D eigenvalue weighted by atomic mass is 10.1. The molecule has 0 atom stereocenters. The minimum Gasteiger partial charge on any atom is -0.461 e. The molecule has 1 aliphatic heterocycles. The molecule has 0 saturated heterocycles. The van der Waals surface area contributed by atoms with Gasteiger partial charge in [-0.1, -0.05) is 30.3 Å². The number of rotatable bonds is 10. The molecule has 0 aromatic heterocycles. The van der Waals surface area contributed by atoms with Crippen LogP contribution in [0.25, 0.3) is 0 Å². The first kappa shape index (κ1) is 22.0. The van der Waals surface area contributed by atoms with Crippen molar-refractivity contribution in [2.75, 3.05) is 37.7 Å². The molecule has 0 bridgehead atoms. The van der Waals surface area contributed by atoms with E-state index in [1.165, 1.54) is 0 Å². The summed E-state index contributed by atoms with van der Waals surface area (Å²) in [6.07, 6.45) is 0.130. The lowest BCUT2D eigenvalue weighted by Crippen LogP contribution is -2.34. The second-order valence-electron chi connectivity index (χ2n) is 6.85. The summed E-state index contributed by atoms with van der Waals surface area (Å²) in [5, 5.41) is 0. The van der Waals surface area contributed by atoms with Crippen LogP contribution in [0.5, 0.6) is 0 Å². The van der Waals surface area contributed by atoms with Gasteiger partial charge in [0.15, 0.2) is 6.61 Å². The van der Waals surface area contributed by atoms with Gasteiger partial charge in [-0.15, -0.1) is 0 Å². The van der Waals surface area contributed by atoms with E-state index in [1.807, 2.05) is 42.2 Å². The highest BCUT2D eigenvalue weighted by Crippen LogP contribution is 2.21. The number of benzene rings is 2. The van der Waals surface area contributed by atoms with Crippen LogP contribution in [0.4, 0.5) is 5.69 Å². The van der Waals surface area contributed by atoms with Crippen molar-refractivity contribution in [1.82, 2.24) is 4.90 Å². The first-order valence-electron chi connectivity index (χ1n) is 10.1. The van der Waals surface area contributed by atoms with Gasteiger partial charge < -0.3 is 14.4 Å². The Morgan fingerprint density at radius 3 is 2.10 bits per heavy atom. The standard InChI is InChI=1S/C23H24N2O6/c1-2-24(17-8-4-3-5-9-17)13-12-20(26)31-16-21(27)30-15-14-25-22(28)18-10-6-7-11-19(18)23(25)29/h3-11H,2,12-16H2,1H3. The lowest BCUT2D eigenvalue weighted by molar-refractivity contribution is -0.158. The highest BCUT2D eigenvalue weighted by molar-refractivity contribution is 6.21. The second kappa shape index (κ2) is 10.4. The predicted octanol–water partition coefficient (Wildman–Crippen LogP) is 2.29.